The van der Waals surface area contributed by atoms with Gasteiger partial charge in [-0.3, -0.25) is 4.90 Å². The highest BCUT2D eigenvalue weighted by atomic mass is 35.5. The third-order valence-electron chi connectivity index (χ3n) is 5.78. The van der Waals surface area contributed by atoms with Crippen molar-refractivity contribution in [2.45, 2.75) is 13.0 Å². The lowest BCUT2D eigenvalue weighted by Gasteiger charge is -2.38. The topological polar surface area (TPSA) is 73.9 Å². The van der Waals surface area contributed by atoms with Crippen molar-refractivity contribution in [3.05, 3.63) is 75.4 Å². The molecule has 0 saturated carbocycles. The number of esters is 1. The number of piperazine rings is 1. The van der Waals surface area contributed by atoms with Crippen LogP contribution in [0.3, 0.4) is 0 Å². The molecule has 0 aliphatic carbocycles. The maximum Gasteiger partial charge on any atom is 0.338 e. The molecule has 174 valence electrons. The lowest BCUT2D eigenvalue weighted by molar-refractivity contribution is -0.139. The van der Waals surface area contributed by atoms with E-state index in [4.69, 9.17) is 27.9 Å². The maximum atomic E-state index is 12.9. The van der Waals surface area contributed by atoms with E-state index in [1.807, 2.05) is 24.3 Å². The van der Waals surface area contributed by atoms with Gasteiger partial charge in [0, 0.05) is 54.2 Å². The number of halogens is 2. The van der Waals surface area contributed by atoms with Crippen LogP contribution >= 0.6 is 23.2 Å². The van der Waals surface area contributed by atoms with Crippen molar-refractivity contribution >= 4 is 40.9 Å². The van der Waals surface area contributed by atoms with E-state index in [0.717, 1.165) is 37.4 Å². The zero-order valence-electron chi connectivity index (χ0n) is 18.3. The summed E-state index contributed by atoms with van der Waals surface area (Å²) in [4.78, 5) is 29.9. The van der Waals surface area contributed by atoms with Crippen LogP contribution in [0.2, 0.25) is 10.0 Å². The van der Waals surface area contributed by atoms with Crippen LogP contribution in [0.1, 0.15) is 18.5 Å². The predicted octanol–water partition coefficient (Wildman–Crippen LogP) is 3.99. The van der Waals surface area contributed by atoms with E-state index in [1.54, 1.807) is 31.2 Å². The summed E-state index contributed by atoms with van der Waals surface area (Å²) in [6.07, 6.45) is 0. The number of benzene rings is 2. The molecule has 1 saturated heterocycles. The summed E-state index contributed by atoms with van der Waals surface area (Å²) in [7, 11) is 0. The molecule has 1 fully saturated rings. The second-order valence-corrected chi connectivity index (χ2v) is 8.81. The minimum Gasteiger partial charge on any atom is -0.463 e. The Morgan fingerprint density at radius 1 is 1.06 bits per heavy atom. The number of ether oxygens (including phenoxy) is 1. The van der Waals surface area contributed by atoms with E-state index in [0.29, 0.717) is 27.9 Å². The summed E-state index contributed by atoms with van der Waals surface area (Å²) >= 11 is 12.2. The summed E-state index contributed by atoms with van der Waals surface area (Å²) < 4.78 is 5.34. The Morgan fingerprint density at radius 2 is 1.79 bits per heavy atom. The molecule has 9 heteroatoms. The maximum absolute atomic E-state index is 12.9. The molecule has 0 spiro atoms. The summed E-state index contributed by atoms with van der Waals surface area (Å²) in [5.74, 6) is -0.447. The van der Waals surface area contributed by atoms with Gasteiger partial charge in [0.1, 0.15) is 0 Å². The summed E-state index contributed by atoms with van der Waals surface area (Å²) in [6.45, 7) is 5.63. The van der Waals surface area contributed by atoms with Crippen molar-refractivity contribution in [3.63, 3.8) is 0 Å². The fraction of sp³-hybridized carbons (Fsp3) is 0.333. The Bertz CT molecular complexity index is 1050. The molecule has 2 heterocycles. The molecule has 2 aliphatic rings. The fourth-order valence-corrected chi connectivity index (χ4v) is 4.47. The molecular weight excluding hydrogens is 463 g/mol. The molecule has 0 aromatic heterocycles. The van der Waals surface area contributed by atoms with Crippen molar-refractivity contribution in [1.29, 1.82) is 0 Å². The average Bonchev–Trinajstić information content (AvgIpc) is 2.80. The number of nitrogens with zero attached hydrogens (tertiary/aromatic N) is 2. The first kappa shape index (κ1) is 23.4. The quantitative estimate of drug-likeness (QED) is 0.601. The van der Waals surface area contributed by atoms with Gasteiger partial charge in [-0.2, -0.15) is 0 Å². The van der Waals surface area contributed by atoms with E-state index >= 15 is 0 Å². The number of hydrogen-bond acceptors (Lipinski definition) is 5. The molecule has 7 nitrogen and oxygen atoms in total. The standard InChI is InChI=1S/C24H26Cl2N4O3/c1-2-33-23(31)21-20(27-24(32)28-22(21)16-6-8-17(25)9-7-16)15-29-10-12-30(13-11-29)19-5-3-4-18(26)14-19/h3-9,14,22H,2,10-13,15H2,1H3,(H2,27,28,32)/t22-/m1/s1. The van der Waals surface area contributed by atoms with Crippen molar-refractivity contribution in [3.8, 4) is 0 Å². The second kappa shape index (κ2) is 10.5. The lowest BCUT2D eigenvalue weighted by atomic mass is 9.95. The van der Waals surface area contributed by atoms with Crippen molar-refractivity contribution in [1.82, 2.24) is 15.5 Å². The zero-order valence-corrected chi connectivity index (χ0v) is 19.8. The molecule has 33 heavy (non-hydrogen) atoms. The van der Waals surface area contributed by atoms with Crippen molar-refractivity contribution in [2.75, 3.05) is 44.2 Å². The number of carbonyl (C=O) groups is 2. The third kappa shape index (κ3) is 5.61. The monoisotopic (exact) mass is 488 g/mol. The Kier molecular flexibility index (Phi) is 7.42. The SMILES string of the molecule is CCOC(=O)C1=C(CN2CCN(c3cccc(Cl)c3)CC2)NC(=O)N[C@@H]1c1ccc(Cl)cc1. The van der Waals surface area contributed by atoms with Crippen LogP contribution in [-0.2, 0) is 9.53 Å². The molecule has 0 unspecified atom stereocenters. The van der Waals surface area contributed by atoms with Gasteiger partial charge in [0.05, 0.1) is 18.2 Å². The van der Waals surface area contributed by atoms with E-state index in [1.165, 1.54) is 0 Å². The fourth-order valence-electron chi connectivity index (χ4n) is 4.16. The summed E-state index contributed by atoms with van der Waals surface area (Å²) in [5.41, 5.74) is 2.83. The molecule has 2 N–H and O–H groups in total. The van der Waals surface area contributed by atoms with E-state index in [2.05, 4.69) is 20.4 Å². The van der Waals surface area contributed by atoms with Crippen LogP contribution in [0.5, 0.6) is 0 Å². The Hall–Kier alpha value is -2.74. The lowest BCUT2D eigenvalue weighted by Crippen LogP contribution is -2.51. The first-order chi connectivity index (χ1) is 15.9. The number of nitrogens with one attached hydrogen (secondary N) is 2. The summed E-state index contributed by atoms with van der Waals surface area (Å²) in [5, 5.41) is 6.99. The molecule has 1 atom stereocenters. The van der Waals surface area contributed by atoms with E-state index < -0.39 is 12.0 Å². The molecule has 2 amide bonds. The first-order valence-corrected chi connectivity index (χ1v) is 11.7. The predicted molar refractivity (Wildman–Crippen MR) is 130 cm³/mol. The van der Waals surface area contributed by atoms with Crippen LogP contribution < -0.4 is 15.5 Å². The second-order valence-electron chi connectivity index (χ2n) is 7.94. The van der Waals surface area contributed by atoms with E-state index in [9.17, 15) is 9.59 Å². The molecule has 0 bridgehead atoms. The molecule has 2 aliphatic heterocycles. The van der Waals surface area contributed by atoms with Gasteiger partial charge in [-0.05, 0) is 42.8 Å². The first-order valence-electron chi connectivity index (χ1n) is 10.9. The van der Waals surface area contributed by atoms with Crippen molar-refractivity contribution in [2.24, 2.45) is 0 Å². The van der Waals surface area contributed by atoms with Gasteiger partial charge in [-0.25, -0.2) is 9.59 Å². The molecule has 2 aromatic carbocycles. The third-order valence-corrected chi connectivity index (χ3v) is 6.27. The van der Waals surface area contributed by atoms with Crippen LogP contribution in [0.25, 0.3) is 0 Å². The number of anilines is 1. The van der Waals surface area contributed by atoms with Crippen LogP contribution in [0, 0.1) is 0 Å². The zero-order chi connectivity index (χ0) is 23.4. The minimum atomic E-state index is -0.613. The van der Waals surface area contributed by atoms with Crippen LogP contribution in [0.15, 0.2) is 59.8 Å². The van der Waals surface area contributed by atoms with Gasteiger partial charge >= 0.3 is 12.0 Å². The number of carbonyl (C=O) groups excluding carboxylic acids is 2. The smallest absolute Gasteiger partial charge is 0.338 e. The molecular formula is C24H26Cl2N4O3. The normalized spacial score (nSPS) is 19.2. The van der Waals surface area contributed by atoms with Gasteiger partial charge < -0.3 is 20.3 Å². The largest absolute Gasteiger partial charge is 0.463 e. The van der Waals surface area contributed by atoms with Gasteiger partial charge in [0.15, 0.2) is 0 Å². The van der Waals surface area contributed by atoms with Gasteiger partial charge in [0.2, 0.25) is 0 Å². The van der Waals surface area contributed by atoms with Gasteiger partial charge in [-0.15, -0.1) is 0 Å². The number of urea groups is 1. The van der Waals surface area contributed by atoms with E-state index in [-0.39, 0.29) is 12.6 Å². The Labute approximate surface area is 203 Å². The Balaban J connectivity index is 1.55. The number of rotatable bonds is 6. The number of amides is 2. The van der Waals surface area contributed by atoms with Crippen LogP contribution in [-0.4, -0.2) is 56.2 Å². The minimum absolute atomic E-state index is 0.245. The summed E-state index contributed by atoms with van der Waals surface area (Å²) in [6, 6.07) is 13.9. The Morgan fingerprint density at radius 3 is 2.45 bits per heavy atom. The molecule has 0 radical (unpaired) electrons. The highest BCUT2D eigenvalue weighted by Crippen LogP contribution is 2.29. The average molecular weight is 489 g/mol. The molecule has 2 aromatic rings. The highest BCUT2D eigenvalue weighted by Gasteiger charge is 2.34. The number of hydrogen-bond donors (Lipinski definition) is 2. The van der Waals surface area contributed by atoms with Crippen LogP contribution in [0.4, 0.5) is 10.5 Å². The molecule has 4 rings (SSSR count). The van der Waals surface area contributed by atoms with Crippen molar-refractivity contribution < 1.29 is 14.3 Å². The van der Waals surface area contributed by atoms with Gasteiger partial charge in [0.25, 0.3) is 0 Å². The van der Waals surface area contributed by atoms with Gasteiger partial charge in [-0.1, -0.05) is 41.4 Å². The highest BCUT2D eigenvalue weighted by molar-refractivity contribution is 6.31.